The van der Waals surface area contributed by atoms with Crippen molar-refractivity contribution >= 4 is 22.4 Å². The van der Waals surface area contributed by atoms with Crippen LogP contribution >= 0.6 is 0 Å². The summed E-state index contributed by atoms with van der Waals surface area (Å²) in [6.45, 7) is 10.5. The molecule has 0 bridgehead atoms. The van der Waals surface area contributed by atoms with E-state index in [9.17, 15) is 4.79 Å². The van der Waals surface area contributed by atoms with Gasteiger partial charge < -0.3 is 18.8 Å². The standard InChI is InChI=1S/C28H33NO4/c1-6-32-26-14-27-24(25(17-33-27)21-7-9-22(31-5)10-8-21)13-23(26)20(4)12-28(30)29-15-18(2)11-19(3)16-29/h7-10,12-14,17-19H,6,11,15-16H2,1-5H3/b20-12+. The van der Waals surface area contributed by atoms with E-state index in [1.165, 1.54) is 6.42 Å². The summed E-state index contributed by atoms with van der Waals surface area (Å²) in [4.78, 5) is 15.1. The summed E-state index contributed by atoms with van der Waals surface area (Å²) in [6.07, 6.45) is 4.69. The largest absolute Gasteiger partial charge is 0.497 e. The minimum Gasteiger partial charge on any atom is -0.497 e. The van der Waals surface area contributed by atoms with E-state index in [1.807, 2.05) is 49.1 Å². The Labute approximate surface area is 196 Å². The minimum absolute atomic E-state index is 0.0658. The number of carbonyl (C=O) groups is 1. The van der Waals surface area contributed by atoms with E-state index in [4.69, 9.17) is 13.9 Å². The number of furan rings is 1. The molecule has 1 saturated heterocycles. The molecule has 1 amide bonds. The predicted octanol–water partition coefficient (Wildman–Crippen LogP) is 6.41. The molecule has 0 spiro atoms. The third-order valence-corrected chi connectivity index (χ3v) is 6.32. The van der Waals surface area contributed by atoms with Gasteiger partial charge in [0, 0.05) is 41.7 Å². The van der Waals surface area contributed by atoms with Gasteiger partial charge in [0.15, 0.2) is 0 Å². The highest BCUT2D eigenvalue weighted by molar-refractivity contribution is 6.00. The Morgan fingerprint density at radius 1 is 1.15 bits per heavy atom. The number of ether oxygens (including phenoxy) is 2. The van der Waals surface area contributed by atoms with Crippen molar-refractivity contribution in [2.45, 2.75) is 34.1 Å². The molecule has 0 aliphatic carbocycles. The van der Waals surface area contributed by atoms with Crippen LogP contribution in [0.4, 0.5) is 0 Å². The van der Waals surface area contributed by atoms with Gasteiger partial charge in [0.05, 0.1) is 20.0 Å². The average molecular weight is 448 g/mol. The van der Waals surface area contributed by atoms with Crippen molar-refractivity contribution in [1.29, 1.82) is 0 Å². The molecule has 0 radical (unpaired) electrons. The molecule has 1 aliphatic rings. The molecule has 33 heavy (non-hydrogen) atoms. The van der Waals surface area contributed by atoms with E-state index in [-0.39, 0.29) is 5.91 Å². The zero-order valence-electron chi connectivity index (χ0n) is 20.2. The van der Waals surface area contributed by atoms with Gasteiger partial charge in [-0.1, -0.05) is 26.0 Å². The second-order valence-electron chi connectivity index (χ2n) is 9.17. The lowest BCUT2D eigenvalue weighted by Crippen LogP contribution is -2.41. The van der Waals surface area contributed by atoms with Crippen molar-refractivity contribution in [3.8, 4) is 22.6 Å². The van der Waals surface area contributed by atoms with Gasteiger partial charge in [0.25, 0.3) is 0 Å². The van der Waals surface area contributed by atoms with Crippen molar-refractivity contribution in [1.82, 2.24) is 4.90 Å². The number of hydrogen-bond acceptors (Lipinski definition) is 4. The molecule has 5 nitrogen and oxygen atoms in total. The smallest absolute Gasteiger partial charge is 0.246 e. The summed E-state index contributed by atoms with van der Waals surface area (Å²) >= 11 is 0. The maximum Gasteiger partial charge on any atom is 0.246 e. The van der Waals surface area contributed by atoms with E-state index >= 15 is 0 Å². The van der Waals surface area contributed by atoms with Gasteiger partial charge >= 0.3 is 0 Å². The van der Waals surface area contributed by atoms with Crippen LogP contribution in [-0.2, 0) is 4.79 Å². The maximum atomic E-state index is 13.1. The van der Waals surface area contributed by atoms with Crippen LogP contribution in [0.15, 0.2) is 53.2 Å². The number of fused-ring (bicyclic) bond motifs is 1. The minimum atomic E-state index is 0.0658. The molecular weight excluding hydrogens is 414 g/mol. The van der Waals surface area contributed by atoms with Gasteiger partial charge in [0.2, 0.25) is 5.91 Å². The van der Waals surface area contributed by atoms with Crippen LogP contribution in [0.1, 0.15) is 39.7 Å². The SMILES string of the molecule is CCOc1cc2occ(-c3ccc(OC)cc3)c2cc1/C(C)=C/C(=O)N1CC(C)CC(C)C1. The molecule has 1 aliphatic heterocycles. The summed E-state index contributed by atoms with van der Waals surface area (Å²) in [5.74, 6) is 2.66. The van der Waals surface area contributed by atoms with Crippen molar-refractivity contribution in [3.05, 3.63) is 54.3 Å². The Hall–Kier alpha value is -3.21. The summed E-state index contributed by atoms with van der Waals surface area (Å²) in [6, 6.07) is 11.9. The molecule has 2 aromatic carbocycles. The predicted molar refractivity (Wildman–Crippen MR) is 133 cm³/mol. The van der Waals surface area contributed by atoms with E-state index in [1.54, 1.807) is 19.4 Å². The molecule has 174 valence electrons. The molecule has 0 N–H and O–H groups in total. The number of rotatable bonds is 6. The molecule has 2 unspecified atom stereocenters. The number of likely N-dealkylation sites (tertiary alicyclic amines) is 1. The van der Waals surface area contributed by atoms with Gasteiger partial charge in [-0.15, -0.1) is 0 Å². The molecule has 2 atom stereocenters. The number of allylic oxidation sites excluding steroid dienone is 1. The van der Waals surface area contributed by atoms with Crippen LogP contribution in [0.5, 0.6) is 11.5 Å². The Morgan fingerprint density at radius 3 is 2.48 bits per heavy atom. The number of amides is 1. The number of piperidine rings is 1. The van der Waals surface area contributed by atoms with Crippen LogP contribution < -0.4 is 9.47 Å². The topological polar surface area (TPSA) is 51.9 Å². The van der Waals surface area contributed by atoms with E-state index in [0.29, 0.717) is 18.4 Å². The number of carbonyl (C=O) groups excluding carboxylic acids is 1. The number of hydrogen-bond donors (Lipinski definition) is 0. The molecule has 0 saturated carbocycles. The first kappa shape index (κ1) is 23.0. The lowest BCUT2D eigenvalue weighted by atomic mass is 9.91. The summed E-state index contributed by atoms with van der Waals surface area (Å²) in [5.41, 5.74) is 4.59. The molecule has 3 aromatic rings. The van der Waals surface area contributed by atoms with Crippen molar-refractivity contribution in [2.24, 2.45) is 11.8 Å². The lowest BCUT2D eigenvalue weighted by Gasteiger charge is -2.34. The van der Waals surface area contributed by atoms with E-state index in [0.717, 1.165) is 57.8 Å². The first-order valence-electron chi connectivity index (χ1n) is 11.7. The van der Waals surface area contributed by atoms with Crippen LogP contribution in [-0.4, -0.2) is 37.6 Å². The van der Waals surface area contributed by atoms with E-state index < -0.39 is 0 Å². The molecular formula is C28H33NO4. The van der Waals surface area contributed by atoms with Crippen molar-refractivity contribution in [2.75, 3.05) is 26.8 Å². The van der Waals surface area contributed by atoms with Gasteiger partial charge in [-0.2, -0.15) is 0 Å². The first-order valence-corrected chi connectivity index (χ1v) is 11.7. The Balaban J connectivity index is 1.72. The molecule has 5 heteroatoms. The zero-order valence-corrected chi connectivity index (χ0v) is 20.2. The average Bonchev–Trinajstić information content (AvgIpc) is 3.21. The monoisotopic (exact) mass is 447 g/mol. The Bertz CT molecular complexity index is 1150. The Morgan fingerprint density at radius 2 is 1.85 bits per heavy atom. The van der Waals surface area contributed by atoms with E-state index in [2.05, 4.69) is 19.9 Å². The highest BCUT2D eigenvalue weighted by Gasteiger charge is 2.25. The fraction of sp³-hybridized carbons (Fsp3) is 0.393. The lowest BCUT2D eigenvalue weighted by molar-refractivity contribution is -0.128. The highest BCUT2D eigenvalue weighted by atomic mass is 16.5. The third kappa shape index (κ3) is 4.92. The van der Waals surface area contributed by atoms with Crippen LogP contribution in [0, 0.1) is 11.8 Å². The molecule has 1 fully saturated rings. The molecule has 2 heterocycles. The number of benzene rings is 2. The maximum absolute atomic E-state index is 13.1. The van der Waals surface area contributed by atoms with Gasteiger partial charge in [0.1, 0.15) is 17.1 Å². The second kappa shape index (κ2) is 9.74. The fourth-order valence-electron chi connectivity index (χ4n) is 4.83. The van der Waals surface area contributed by atoms with Crippen molar-refractivity contribution < 1.29 is 18.7 Å². The number of nitrogens with zero attached hydrogens (tertiary/aromatic N) is 1. The van der Waals surface area contributed by atoms with Crippen LogP contribution in [0.2, 0.25) is 0 Å². The summed E-state index contributed by atoms with van der Waals surface area (Å²) in [7, 11) is 1.66. The van der Waals surface area contributed by atoms with Gasteiger partial charge in [-0.3, -0.25) is 4.79 Å². The first-order chi connectivity index (χ1) is 15.9. The molecule has 1 aromatic heterocycles. The summed E-state index contributed by atoms with van der Waals surface area (Å²) < 4.78 is 17.1. The normalized spacial score (nSPS) is 19.1. The summed E-state index contributed by atoms with van der Waals surface area (Å²) in [5, 5.41) is 0.985. The Kier molecular flexibility index (Phi) is 6.77. The second-order valence-corrected chi connectivity index (χ2v) is 9.17. The fourth-order valence-corrected chi connectivity index (χ4v) is 4.83. The molecule has 4 rings (SSSR count). The number of methoxy groups -OCH3 is 1. The van der Waals surface area contributed by atoms with Gasteiger partial charge in [-0.05, 0) is 61.4 Å². The quantitative estimate of drug-likeness (QED) is 0.410. The van der Waals surface area contributed by atoms with Gasteiger partial charge in [-0.25, -0.2) is 0 Å². The zero-order chi connectivity index (χ0) is 23.5. The highest BCUT2D eigenvalue weighted by Crippen LogP contribution is 2.38. The third-order valence-electron chi connectivity index (χ3n) is 6.32. The van der Waals surface area contributed by atoms with Crippen LogP contribution in [0.25, 0.3) is 27.7 Å². The van der Waals surface area contributed by atoms with Crippen molar-refractivity contribution in [3.63, 3.8) is 0 Å². The van der Waals surface area contributed by atoms with Crippen LogP contribution in [0.3, 0.4) is 0 Å².